The summed E-state index contributed by atoms with van der Waals surface area (Å²) in [5.41, 5.74) is 1.68. The van der Waals surface area contributed by atoms with Crippen molar-refractivity contribution in [2.24, 2.45) is 0 Å². The lowest BCUT2D eigenvalue weighted by atomic mass is 9.80. The zero-order valence-electron chi connectivity index (χ0n) is 16.7. The highest BCUT2D eigenvalue weighted by molar-refractivity contribution is 5.96. The molecular weight excluding hydrogens is 350 g/mol. The van der Waals surface area contributed by atoms with E-state index < -0.39 is 16.6 Å². The molecule has 0 fully saturated rings. The topological polar surface area (TPSA) is 57.6 Å². The molecule has 144 valence electrons. The number of aromatic hydroxyl groups is 1. The fourth-order valence-electron chi connectivity index (χ4n) is 4.64. The van der Waals surface area contributed by atoms with Gasteiger partial charge in [-0.15, -0.1) is 0 Å². The van der Waals surface area contributed by atoms with Crippen LogP contribution in [-0.4, -0.2) is 11.1 Å². The first-order valence-corrected chi connectivity index (χ1v) is 9.88. The van der Waals surface area contributed by atoms with Gasteiger partial charge in [0.25, 0.3) is 5.43 Å². The van der Waals surface area contributed by atoms with E-state index in [2.05, 4.69) is 56.9 Å². The Bertz CT molecular complexity index is 1170. The van der Waals surface area contributed by atoms with Crippen molar-refractivity contribution in [3.05, 3.63) is 73.7 Å². The molecule has 0 radical (unpaired) electrons. The van der Waals surface area contributed by atoms with Gasteiger partial charge in [0.1, 0.15) is 0 Å². The van der Waals surface area contributed by atoms with Crippen molar-refractivity contribution in [1.29, 1.82) is 0 Å². The molecule has 0 spiro atoms. The second-order valence-corrected chi connectivity index (χ2v) is 8.10. The van der Waals surface area contributed by atoms with Crippen LogP contribution in [0.15, 0.2) is 51.7 Å². The molecule has 0 amide bonds. The summed E-state index contributed by atoms with van der Waals surface area (Å²) in [7, 11) is 0. The summed E-state index contributed by atoms with van der Waals surface area (Å²) >= 11 is 0. The minimum atomic E-state index is -0.792. The third-order valence-electron chi connectivity index (χ3n) is 6.20. The fraction of sp³-hybridized carbons (Fsp3) is 0.333. The van der Waals surface area contributed by atoms with Gasteiger partial charge in [-0.1, -0.05) is 58.0 Å². The molecule has 4 rings (SSSR count). The predicted octanol–water partition coefficient (Wildman–Crippen LogP) is 4.47. The lowest BCUT2D eigenvalue weighted by Crippen LogP contribution is -2.37. The Morgan fingerprint density at radius 1 is 1.04 bits per heavy atom. The number of anilines is 1. The van der Waals surface area contributed by atoms with E-state index in [9.17, 15) is 14.7 Å². The van der Waals surface area contributed by atoms with Crippen LogP contribution in [0.1, 0.15) is 51.7 Å². The van der Waals surface area contributed by atoms with Crippen molar-refractivity contribution in [2.75, 3.05) is 4.90 Å². The molecule has 3 aromatic rings. The minimum absolute atomic E-state index is 0.126. The summed E-state index contributed by atoms with van der Waals surface area (Å²) < 4.78 is 0. The van der Waals surface area contributed by atoms with Crippen molar-refractivity contribution in [1.82, 2.24) is 0 Å². The van der Waals surface area contributed by atoms with Gasteiger partial charge in [0, 0.05) is 22.8 Å². The molecule has 28 heavy (non-hydrogen) atoms. The standard InChI is InChI=1S/C24H25NO3/c1-5-15(6-2)25-18-12-11-14-9-7-8-10-16(14)20(18)24(3,4)19(25)13-17-21(26)23(28)22(17)27/h7-13,15,26H,5-6H2,1-4H3/b19-13+. The van der Waals surface area contributed by atoms with Crippen molar-refractivity contribution in [3.63, 3.8) is 0 Å². The Labute approximate surface area is 164 Å². The first-order chi connectivity index (χ1) is 13.3. The number of hydrogen-bond donors (Lipinski definition) is 1. The molecule has 0 aromatic heterocycles. The van der Waals surface area contributed by atoms with Gasteiger partial charge in [-0.3, -0.25) is 9.59 Å². The van der Waals surface area contributed by atoms with E-state index in [-0.39, 0.29) is 17.0 Å². The van der Waals surface area contributed by atoms with Crippen LogP contribution in [0, 0.1) is 0 Å². The Morgan fingerprint density at radius 2 is 1.71 bits per heavy atom. The van der Waals surface area contributed by atoms with Crippen LogP contribution in [0.3, 0.4) is 0 Å². The first-order valence-electron chi connectivity index (χ1n) is 9.88. The van der Waals surface area contributed by atoms with Crippen LogP contribution in [0.2, 0.25) is 0 Å². The number of rotatable bonds is 4. The van der Waals surface area contributed by atoms with E-state index in [1.165, 1.54) is 16.3 Å². The molecule has 4 heteroatoms. The maximum atomic E-state index is 12.0. The minimum Gasteiger partial charge on any atom is -0.504 e. The van der Waals surface area contributed by atoms with Crippen LogP contribution in [-0.2, 0) is 5.41 Å². The summed E-state index contributed by atoms with van der Waals surface area (Å²) in [5, 5.41) is 12.3. The van der Waals surface area contributed by atoms with Gasteiger partial charge in [-0.05, 0) is 41.3 Å². The maximum absolute atomic E-state index is 12.0. The normalized spacial score (nSPS) is 17.2. The van der Waals surface area contributed by atoms with E-state index in [0.717, 1.165) is 24.2 Å². The summed E-state index contributed by atoms with van der Waals surface area (Å²) in [5.74, 6) is -0.418. The van der Waals surface area contributed by atoms with E-state index in [1.54, 1.807) is 6.08 Å². The van der Waals surface area contributed by atoms with Gasteiger partial charge >= 0.3 is 0 Å². The average Bonchev–Trinajstić information content (AvgIpc) is 2.93. The molecule has 1 heterocycles. The third-order valence-corrected chi connectivity index (χ3v) is 6.20. The van der Waals surface area contributed by atoms with E-state index in [4.69, 9.17) is 0 Å². The van der Waals surface area contributed by atoms with Gasteiger partial charge in [0.15, 0.2) is 5.75 Å². The molecule has 0 unspecified atom stereocenters. The zero-order chi connectivity index (χ0) is 20.2. The molecule has 1 aliphatic heterocycles. The second kappa shape index (κ2) is 6.33. The van der Waals surface area contributed by atoms with Gasteiger partial charge in [0.05, 0.1) is 5.56 Å². The fourth-order valence-corrected chi connectivity index (χ4v) is 4.64. The molecule has 4 nitrogen and oxygen atoms in total. The van der Waals surface area contributed by atoms with Crippen molar-refractivity contribution in [2.45, 2.75) is 52.0 Å². The van der Waals surface area contributed by atoms with Gasteiger partial charge in [0.2, 0.25) is 5.43 Å². The van der Waals surface area contributed by atoms with E-state index >= 15 is 0 Å². The molecule has 0 bridgehead atoms. The van der Waals surface area contributed by atoms with Gasteiger partial charge in [-0.2, -0.15) is 0 Å². The molecular formula is C24H25NO3. The number of hydrogen-bond acceptors (Lipinski definition) is 4. The molecule has 0 saturated carbocycles. The smallest absolute Gasteiger partial charge is 0.268 e. The lowest BCUT2D eigenvalue weighted by Gasteiger charge is -2.33. The summed E-state index contributed by atoms with van der Waals surface area (Å²) in [6.45, 7) is 8.61. The first kappa shape index (κ1) is 18.5. The number of benzene rings is 2. The van der Waals surface area contributed by atoms with Crippen LogP contribution in [0.25, 0.3) is 16.8 Å². The lowest BCUT2D eigenvalue weighted by molar-refractivity contribution is 0.461. The number of allylic oxidation sites excluding steroid dienone is 1. The molecule has 0 atom stereocenters. The Balaban J connectivity index is 2.03. The zero-order valence-corrected chi connectivity index (χ0v) is 16.7. The summed E-state index contributed by atoms with van der Waals surface area (Å²) in [4.78, 5) is 25.9. The monoisotopic (exact) mass is 375 g/mol. The van der Waals surface area contributed by atoms with Crippen LogP contribution in [0.5, 0.6) is 5.75 Å². The van der Waals surface area contributed by atoms with E-state index in [1.807, 2.05) is 12.1 Å². The Hall–Kier alpha value is -2.88. The molecule has 0 saturated heterocycles. The van der Waals surface area contributed by atoms with Crippen LogP contribution < -0.4 is 15.8 Å². The number of nitrogens with zero attached hydrogens (tertiary/aromatic N) is 1. The summed E-state index contributed by atoms with van der Waals surface area (Å²) in [6, 6.07) is 12.9. The molecule has 0 aliphatic carbocycles. The van der Waals surface area contributed by atoms with Crippen molar-refractivity contribution in [3.8, 4) is 5.75 Å². The second-order valence-electron chi connectivity index (χ2n) is 8.10. The van der Waals surface area contributed by atoms with Crippen molar-refractivity contribution < 1.29 is 5.11 Å². The average molecular weight is 375 g/mol. The highest BCUT2D eigenvalue weighted by Crippen LogP contribution is 2.52. The van der Waals surface area contributed by atoms with Crippen molar-refractivity contribution >= 4 is 22.5 Å². The third kappa shape index (κ3) is 2.37. The SMILES string of the molecule is CCC(CC)N1/C(=C/c2c(O)c(=O)c2=O)C(C)(C)c2c1ccc1ccccc21. The van der Waals surface area contributed by atoms with Crippen LogP contribution in [0.4, 0.5) is 5.69 Å². The quantitative estimate of drug-likeness (QED) is 0.684. The van der Waals surface area contributed by atoms with E-state index in [0.29, 0.717) is 0 Å². The maximum Gasteiger partial charge on any atom is 0.268 e. The largest absolute Gasteiger partial charge is 0.504 e. The highest BCUT2D eigenvalue weighted by atomic mass is 16.3. The van der Waals surface area contributed by atoms with Gasteiger partial charge in [-0.25, -0.2) is 0 Å². The Morgan fingerprint density at radius 3 is 2.36 bits per heavy atom. The molecule has 3 aromatic carbocycles. The van der Waals surface area contributed by atoms with Gasteiger partial charge < -0.3 is 10.0 Å². The number of fused-ring (bicyclic) bond motifs is 3. The summed E-state index contributed by atoms with van der Waals surface area (Å²) in [6.07, 6.45) is 3.63. The molecule has 1 N–H and O–H groups in total. The predicted molar refractivity (Wildman–Crippen MR) is 115 cm³/mol. The molecule has 1 aliphatic rings. The van der Waals surface area contributed by atoms with Crippen LogP contribution >= 0.6 is 0 Å². The highest BCUT2D eigenvalue weighted by Gasteiger charge is 2.43. The Kier molecular flexibility index (Phi) is 4.18.